The lowest BCUT2D eigenvalue weighted by Crippen LogP contribution is -2.16. The summed E-state index contributed by atoms with van der Waals surface area (Å²) in [5.74, 6) is -4.75. The van der Waals surface area contributed by atoms with Gasteiger partial charge in [0.2, 0.25) is 11.6 Å². The van der Waals surface area contributed by atoms with Gasteiger partial charge in [0.25, 0.3) is 11.8 Å². The van der Waals surface area contributed by atoms with Gasteiger partial charge in [-0.1, -0.05) is 12.1 Å². The van der Waals surface area contributed by atoms with Gasteiger partial charge in [0, 0.05) is 71.2 Å². The van der Waals surface area contributed by atoms with Gasteiger partial charge in [-0.2, -0.15) is 20.4 Å². The molecular weight excluding hydrogens is 1380 g/mol. The van der Waals surface area contributed by atoms with Crippen molar-refractivity contribution in [3.8, 4) is 68.1 Å². The fourth-order valence-corrected chi connectivity index (χ4v) is 10.7. The predicted octanol–water partition coefficient (Wildman–Crippen LogP) is 13.5. The number of carbonyl (C=O) groups is 4. The molecule has 12 rings (SSSR count). The Bertz CT molecular complexity index is 4970. The second-order valence-electron chi connectivity index (χ2n) is 26.2. The van der Waals surface area contributed by atoms with E-state index in [1.807, 2.05) is 103 Å². The number of aromatic carboxylic acids is 1. The molecule has 558 valence electrons. The lowest BCUT2D eigenvalue weighted by molar-refractivity contribution is 0.0594. The number of methoxy groups -OCH3 is 1. The number of tetrazole rings is 2. The number of benzene rings is 4. The molecule has 5 N–H and O–H groups in total. The normalized spacial score (nSPS) is 11.7. The van der Waals surface area contributed by atoms with Gasteiger partial charge < -0.3 is 30.7 Å². The highest BCUT2D eigenvalue weighted by Gasteiger charge is 2.24. The van der Waals surface area contributed by atoms with E-state index in [2.05, 4.69) is 76.8 Å². The Morgan fingerprint density at radius 2 is 0.729 bits per heavy atom. The van der Waals surface area contributed by atoms with Crippen molar-refractivity contribution in [1.82, 2.24) is 89.5 Å². The Kier molecular flexibility index (Phi) is 25.4. The van der Waals surface area contributed by atoms with E-state index in [4.69, 9.17) is 5.11 Å². The quantitative estimate of drug-likeness (QED) is 0.0349. The van der Waals surface area contributed by atoms with E-state index >= 15 is 0 Å². The summed E-state index contributed by atoms with van der Waals surface area (Å²) in [5, 5.41) is 73.9. The zero-order valence-electron chi connectivity index (χ0n) is 61.5. The Hall–Kier alpha value is -12.3. The van der Waals surface area contributed by atoms with Crippen molar-refractivity contribution < 1.29 is 56.8 Å². The van der Waals surface area contributed by atoms with E-state index in [9.17, 15) is 47.0 Å². The zero-order chi connectivity index (χ0) is 77.8. The summed E-state index contributed by atoms with van der Waals surface area (Å²) < 4.78 is 71.5. The molecule has 0 unspecified atom stereocenters. The lowest BCUT2D eigenvalue weighted by atomic mass is 10.0. The Labute approximate surface area is 613 Å². The molecule has 0 fully saturated rings. The molecular formula is C75H82F4N20O8. The number of carbonyl (C=O) groups excluding carboxylic acids is 3. The first-order chi connectivity index (χ1) is 50.9. The number of aromatic nitrogens is 18. The number of rotatable bonds is 20. The van der Waals surface area contributed by atoms with Crippen LogP contribution >= 0.6 is 0 Å². The first-order valence-corrected chi connectivity index (χ1v) is 34.0. The molecule has 0 saturated heterocycles. The molecule has 8 heterocycles. The molecule has 0 bridgehead atoms. The summed E-state index contributed by atoms with van der Waals surface area (Å²) in [6.45, 7) is 26.4. The van der Waals surface area contributed by atoms with Crippen LogP contribution in [0.25, 0.3) is 68.1 Å². The third kappa shape index (κ3) is 18.6. The maximum atomic E-state index is 14.8. The lowest BCUT2D eigenvalue weighted by Gasteiger charge is -2.12. The molecule has 0 aliphatic carbocycles. The first-order valence-electron chi connectivity index (χ1n) is 34.0. The highest BCUT2D eigenvalue weighted by atomic mass is 19.1. The molecule has 0 radical (unpaired) electrons. The van der Waals surface area contributed by atoms with Crippen molar-refractivity contribution in [3.05, 3.63) is 202 Å². The van der Waals surface area contributed by atoms with Gasteiger partial charge in [-0.3, -0.25) is 28.3 Å². The molecule has 2 atom stereocenters. The topological polar surface area (TPSA) is 347 Å². The standard InChI is InChI=1S/2C23H25FN8O2.C15H17FN2O2.C14H15FN2O2/c2*1-13(2)31-9-8-19(28-31)16-11-17(18(24)10-14(16)3)23(34)26-21-7-5-6-20(25-21)22-27-29-30-32(22)15(4)12-33;1-9(2)18-6-5-14(17-18)11-8-12(15(19)20-4)13(16)7-10(11)3;1-8(2)17-5-4-13(16-17)10-7-11(14(18)19)12(15)6-9(10)3/h2*5-11,13,15,33H,12H2,1-4H3,(H,25,26,34);5-9H,1-4H3;4-8H,1-3H3,(H,18,19)/t2*15-;;/m11../s1. The van der Waals surface area contributed by atoms with Gasteiger partial charge in [0.15, 0.2) is 0 Å². The van der Waals surface area contributed by atoms with Crippen molar-refractivity contribution >= 4 is 35.4 Å². The van der Waals surface area contributed by atoms with Gasteiger partial charge in [-0.15, -0.1) is 10.2 Å². The number of anilines is 2. The van der Waals surface area contributed by atoms with Crippen molar-refractivity contribution in [2.45, 2.75) is 133 Å². The number of nitrogens with one attached hydrogen (secondary N) is 2. The van der Waals surface area contributed by atoms with Crippen LogP contribution in [-0.2, 0) is 4.74 Å². The average Bonchev–Trinajstić information content (AvgIpc) is 1.80. The molecule has 0 saturated carbocycles. The number of hydrogen-bond donors (Lipinski definition) is 5. The number of aliphatic hydroxyl groups excluding tert-OH is 2. The van der Waals surface area contributed by atoms with Crippen LogP contribution < -0.4 is 10.6 Å². The largest absolute Gasteiger partial charge is 0.478 e. The highest BCUT2D eigenvalue weighted by Crippen LogP contribution is 2.32. The third-order valence-electron chi connectivity index (χ3n) is 16.8. The van der Waals surface area contributed by atoms with Crippen LogP contribution in [-0.4, -0.2) is 149 Å². The van der Waals surface area contributed by atoms with Crippen LogP contribution in [0.4, 0.5) is 29.2 Å². The van der Waals surface area contributed by atoms with Crippen LogP contribution in [0.1, 0.15) is 169 Å². The van der Waals surface area contributed by atoms with E-state index in [-0.39, 0.29) is 83.4 Å². The number of aliphatic hydroxyl groups is 2. The van der Waals surface area contributed by atoms with Gasteiger partial charge in [0.05, 0.1) is 77.4 Å². The summed E-state index contributed by atoms with van der Waals surface area (Å²) in [4.78, 5) is 57.2. The summed E-state index contributed by atoms with van der Waals surface area (Å²) >= 11 is 0. The molecule has 0 spiro atoms. The number of carboxylic acid groups (broad SMARTS) is 1. The molecule has 4 aromatic carbocycles. The van der Waals surface area contributed by atoms with Crippen molar-refractivity contribution in [3.63, 3.8) is 0 Å². The first kappa shape index (κ1) is 78.8. The Balaban J connectivity index is 0.000000170. The van der Waals surface area contributed by atoms with E-state index in [1.54, 1.807) is 98.1 Å². The predicted molar refractivity (Wildman–Crippen MR) is 391 cm³/mol. The summed E-state index contributed by atoms with van der Waals surface area (Å²) in [6, 6.07) is 28.3. The van der Waals surface area contributed by atoms with Crippen LogP contribution in [0.5, 0.6) is 0 Å². The van der Waals surface area contributed by atoms with Crippen LogP contribution in [0.3, 0.4) is 0 Å². The SMILES string of the molecule is COC(=O)c1cc(-c2ccn(C(C)C)n2)c(C)cc1F.Cc1cc(F)c(C(=O)Nc2cccc(-c3nnnn3[C@H](C)CO)n2)cc1-c1ccn(C(C)C)n1.Cc1cc(F)c(C(=O)Nc2cccc(-c3nnnn3[C@H](C)CO)n2)cc1-c1ccn(C(C)C)n1.Cc1cc(F)c(C(=O)O)cc1-c1ccn(C(C)C)n1. The number of carboxylic acids is 1. The minimum absolute atomic E-state index is 0.0767. The van der Waals surface area contributed by atoms with Crippen molar-refractivity contribution in [2.75, 3.05) is 31.0 Å². The number of amides is 2. The molecule has 28 nitrogen and oxygen atoms in total. The Morgan fingerprint density at radius 1 is 0.430 bits per heavy atom. The van der Waals surface area contributed by atoms with Gasteiger partial charge >= 0.3 is 11.9 Å². The number of ether oxygens (including phenoxy) is 1. The van der Waals surface area contributed by atoms with E-state index in [0.29, 0.717) is 79.2 Å². The molecule has 32 heteroatoms. The number of halogens is 4. The maximum Gasteiger partial charge on any atom is 0.340 e. The molecule has 2 amide bonds. The van der Waals surface area contributed by atoms with Crippen LogP contribution in [0.2, 0.25) is 0 Å². The van der Waals surface area contributed by atoms with Crippen molar-refractivity contribution in [2.24, 2.45) is 0 Å². The molecule has 8 aromatic heterocycles. The maximum absolute atomic E-state index is 14.8. The second kappa shape index (κ2) is 34.5. The van der Waals surface area contributed by atoms with Gasteiger partial charge in [-0.25, -0.2) is 46.5 Å². The fourth-order valence-electron chi connectivity index (χ4n) is 10.7. The van der Waals surface area contributed by atoms with Gasteiger partial charge in [-0.05, 0) is 237 Å². The molecule has 0 aliphatic rings. The number of aryl methyl sites for hydroxylation is 4. The van der Waals surface area contributed by atoms with Crippen LogP contribution in [0.15, 0.2) is 134 Å². The number of esters is 1. The van der Waals surface area contributed by atoms with E-state index < -0.39 is 47.0 Å². The number of nitrogens with zero attached hydrogens (tertiary/aromatic N) is 18. The molecule has 12 aromatic rings. The average molecular weight is 1470 g/mol. The Morgan fingerprint density at radius 3 is 1.02 bits per heavy atom. The molecule has 107 heavy (non-hydrogen) atoms. The smallest absolute Gasteiger partial charge is 0.340 e. The highest BCUT2D eigenvalue weighted by molar-refractivity contribution is 6.06. The van der Waals surface area contributed by atoms with Crippen molar-refractivity contribution in [1.29, 1.82) is 0 Å². The minimum atomic E-state index is -1.28. The summed E-state index contributed by atoms with van der Waals surface area (Å²) in [6.07, 6.45) is 7.39. The second-order valence-corrected chi connectivity index (χ2v) is 26.2. The molecule has 0 aliphatic heterocycles. The summed E-state index contributed by atoms with van der Waals surface area (Å²) in [7, 11) is 1.23. The number of pyridine rings is 2. The third-order valence-corrected chi connectivity index (χ3v) is 16.8. The van der Waals surface area contributed by atoms with Crippen LogP contribution in [0, 0.1) is 51.0 Å². The van der Waals surface area contributed by atoms with Gasteiger partial charge in [0.1, 0.15) is 46.3 Å². The minimum Gasteiger partial charge on any atom is -0.478 e. The fraction of sp³-hybridized carbons (Fsp3) is 0.307. The van der Waals surface area contributed by atoms with E-state index in [1.165, 1.54) is 65.0 Å². The monoisotopic (exact) mass is 1470 g/mol. The number of hydrogen-bond acceptors (Lipinski definition) is 19. The zero-order valence-corrected chi connectivity index (χ0v) is 61.5. The van der Waals surface area contributed by atoms with E-state index in [0.717, 1.165) is 11.1 Å². The summed E-state index contributed by atoms with van der Waals surface area (Å²) in [5.41, 5.74) is 8.26.